The van der Waals surface area contributed by atoms with E-state index >= 15 is 0 Å². The predicted octanol–water partition coefficient (Wildman–Crippen LogP) is 3.96. The molecule has 3 heteroatoms. The van der Waals surface area contributed by atoms with Gasteiger partial charge < -0.3 is 10.1 Å². The zero-order valence-electron chi connectivity index (χ0n) is 13.5. The highest BCUT2D eigenvalue weighted by molar-refractivity contribution is 5.27. The Hall–Kier alpha value is -1.09. The molecule has 0 spiro atoms. The van der Waals surface area contributed by atoms with Gasteiger partial charge in [0.25, 0.3) is 0 Å². The summed E-state index contributed by atoms with van der Waals surface area (Å²) in [5.74, 6) is 3.56. The van der Waals surface area contributed by atoms with E-state index in [4.69, 9.17) is 4.74 Å². The number of ether oxygens (including phenoxy) is 1. The van der Waals surface area contributed by atoms with Crippen molar-refractivity contribution >= 4 is 0 Å². The van der Waals surface area contributed by atoms with Gasteiger partial charge in [0.1, 0.15) is 5.75 Å². The van der Waals surface area contributed by atoms with Gasteiger partial charge in [-0.1, -0.05) is 13.3 Å². The number of aromatic nitrogens is 1. The minimum Gasteiger partial charge on any atom is -0.489 e. The summed E-state index contributed by atoms with van der Waals surface area (Å²) in [5, 5.41) is 3.71. The molecule has 3 rings (SSSR count). The monoisotopic (exact) mass is 288 g/mol. The van der Waals surface area contributed by atoms with E-state index in [-0.39, 0.29) is 6.10 Å². The molecule has 2 fully saturated rings. The Morgan fingerprint density at radius 3 is 2.76 bits per heavy atom. The quantitative estimate of drug-likeness (QED) is 0.860. The molecule has 2 bridgehead atoms. The number of nitrogens with zero attached hydrogens (tertiary/aromatic N) is 1. The second-order valence-electron chi connectivity index (χ2n) is 6.99. The molecule has 21 heavy (non-hydrogen) atoms. The molecule has 0 aliphatic heterocycles. The van der Waals surface area contributed by atoms with E-state index in [2.05, 4.69) is 37.1 Å². The fraction of sp³-hybridized carbons (Fsp3) is 0.722. The van der Waals surface area contributed by atoms with Gasteiger partial charge in [0.15, 0.2) is 0 Å². The lowest BCUT2D eigenvalue weighted by molar-refractivity contribution is 0.236. The van der Waals surface area contributed by atoms with Crippen molar-refractivity contribution in [2.75, 3.05) is 6.54 Å². The summed E-state index contributed by atoms with van der Waals surface area (Å²) >= 11 is 0. The average molecular weight is 288 g/mol. The summed E-state index contributed by atoms with van der Waals surface area (Å²) in [5.41, 5.74) is 1.30. The molecule has 2 aliphatic carbocycles. The molecule has 0 amide bonds. The zero-order chi connectivity index (χ0) is 14.8. The molecule has 1 N–H and O–H groups in total. The Labute approximate surface area is 128 Å². The Balaban J connectivity index is 1.80. The molecule has 2 aliphatic rings. The smallest absolute Gasteiger partial charge is 0.138 e. The minimum absolute atomic E-state index is 0.196. The number of hydrogen-bond acceptors (Lipinski definition) is 3. The third-order valence-corrected chi connectivity index (χ3v) is 5.11. The standard InChI is InChI=1S/C18H28N2O/c1-4-20-18(17-8-13-5-6-14(17)7-13)15-9-16(11-19-10-15)21-12(2)3/h9-14,17-18,20H,4-8H2,1-3H3. The molecule has 116 valence electrons. The van der Waals surface area contributed by atoms with E-state index in [1.807, 2.05) is 12.4 Å². The van der Waals surface area contributed by atoms with Gasteiger partial charge in [-0.3, -0.25) is 4.98 Å². The van der Waals surface area contributed by atoms with Crippen LogP contribution in [0.4, 0.5) is 0 Å². The van der Waals surface area contributed by atoms with Crippen molar-refractivity contribution < 1.29 is 4.74 Å². The molecule has 4 unspecified atom stereocenters. The summed E-state index contributed by atoms with van der Waals surface area (Å²) in [6.07, 6.45) is 9.75. The van der Waals surface area contributed by atoms with Crippen molar-refractivity contribution in [1.82, 2.24) is 10.3 Å². The van der Waals surface area contributed by atoms with Crippen LogP contribution in [0.25, 0.3) is 0 Å². The van der Waals surface area contributed by atoms with Crippen LogP contribution in [0.2, 0.25) is 0 Å². The minimum atomic E-state index is 0.196. The van der Waals surface area contributed by atoms with Crippen LogP contribution >= 0.6 is 0 Å². The van der Waals surface area contributed by atoms with Crippen LogP contribution in [0.15, 0.2) is 18.5 Å². The summed E-state index contributed by atoms with van der Waals surface area (Å²) in [6.45, 7) is 7.32. The molecule has 0 saturated heterocycles. The zero-order valence-corrected chi connectivity index (χ0v) is 13.5. The van der Waals surface area contributed by atoms with E-state index in [0.29, 0.717) is 6.04 Å². The van der Waals surface area contributed by atoms with E-state index in [0.717, 1.165) is 30.0 Å². The Morgan fingerprint density at radius 2 is 2.14 bits per heavy atom. The van der Waals surface area contributed by atoms with Crippen molar-refractivity contribution in [3.63, 3.8) is 0 Å². The van der Waals surface area contributed by atoms with Crippen LogP contribution in [0, 0.1) is 17.8 Å². The average Bonchev–Trinajstić information content (AvgIpc) is 3.07. The molecule has 3 nitrogen and oxygen atoms in total. The first kappa shape index (κ1) is 14.8. The number of pyridine rings is 1. The lowest BCUT2D eigenvalue weighted by atomic mass is 9.81. The molecular weight excluding hydrogens is 260 g/mol. The molecule has 1 aromatic heterocycles. The molecule has 2 saturated carbocycles. The second-order valence-corrected chi connectivity index (χ2v) is 6.99. The third kappa shape index (κ3) is 3.23. The van der Waals surface area contributed by atoms with Gasteiger partial charge in [-0.25, -0.2) is 0 Å². The van der Waals surface area contributed by atoms with Crippen molar-refractivity contribution in [3.05, 3.63) is 24.0 Å². The maximum absolute atomic E-state index is 5.82. The predicted molar refractivity (Wildman–Crippen MR) is 85.4 cm³/mol. The highest BCUT2D eigenvalue weighted by atomic mass is 16.5. The molecule has 4 atom stereocenters. The Morgan fingerprint density at radius 1 is 1.29 bits per heavy atom. The van der Waals surface area contributed by atoms with Crippen LogP contribution in [0.5, 0.6) is 5.75 Å². The summed E-state index contributed by atoms with van der Waals surface area (Å²) in [6, 6.07) is 2.63. The third-order valence-electron chi connectivity index (χ3n) is 5.11. The second kappa shape index (κ2) is 6.35. The number of rotatable bonds is 6. The highest BCUT2D eigenvalue weighted by Gasteiger charge is 2.43. The highest BCUT2D eigenvalue weighted by Crippen LogP contribution is 2.52. The van der Waals surface area contributed by atoms with Gasteiger partial charge in [-0.2, -0.15) is 0 Å². The van der Waals surface area contributed by atoms with Gasteiger partial charge >= 0.3 is 0 Å². The van der Waals surface area contributed by atoms with Gasteiger partial charge in [-0.15, -0.1) is 0 Å². The number of nitrogens with one attached hydrogen (secondary N) is 1. The number of fused-ring (bicyclic) bond motifs is 2. The maximum atomic E-state index is 5.82. The van der Waals surface area contributed by atoms with Crippen LogP contribution in [0.1, 0.15) is 58.1 Å². The van der Waals surface area contributed by atoms with Gasteiger partial charge in [-0.05, 0) is 69.0 Å². The van der Waals surface area contributed by atoms with E-state index < -0.39 is 0 Å². The van der Waals surface area contributed by atoms with E-state index in [1.165, 1.54) is 31.2 Å². The van der Waals surface area contributed by atoms with Crippen molar-refractivity contribution in [3.8, 4) is 5.75 Å². The van der Waals surface area contributed by atoms with Crippen molar-refractivity contribution in [2.45, 2.75) is 58.6 Å². The molecule has 1 aromatic rings. The first-order valence-corrected chi connectivity index (χ1v) is 8.52. The fourth-order valence-electron chi connectivity index (χ4n) is 4.38. The topological polar surface area (TPSA) is 34.2 Å². The lowest BCUT2D eigenvalue weighted by Crippen LogP contribution is -2.31. The Bertz CT molecular complexity index is 474. The van der Waals surface area contributed by atoms with Gasteiger partial charge in [0.2, 0.25) is 0 Å². The fourth-order valence-corrected chi connectivity index (χ4v) is 4.38. The first-order valence-electron chi connectivity index (χ1n) is 8.52. The maximum Gasteiger partial charge on any atom is 0.138 e. The van der Waals surface area contributed by atoms with Crippen molar-refractivity contribution in [1.29, 1.82) is 0 Å². The summed E-state index contributed by atoms with van der Waals surface area (Å²) in [4.78, 5) is 4.41. The molecule has 1 heterocycles. The van der Waals surface area contributed by atoms with E-state index in [1.54, 1.807) is 0 Å². The molecule has 0 aromatic carbocycles. The van der Waals surface area contributed by atoms with Gasteiger partial charge in [0.05, 0.1) is 12.3 Å². The largest absolute Gasteiger partial charge is 0.489 e. The normalized spacial score (nSPS) is 29.0. The first-order chi connectivity index (χ1) is 10.2. The molecule has 0 radical (unpaired) electrons. The molecular formula is C18H28N2O. The van der Waals surface area contributed by atoms with Gasteiger partial charge in [0, 0.05) is 12.2 Å². The van der Waals surface area contributed by atoms with Crippen molar-refractivity contribution in [2.24, 2.45) is 17.8 Å². The van der Waals surface area contributed by atoms with Crippen LogP contribution in [-0.4, -0.2) is 17.6 Å². The van der Waals surface area contributed by atoms with Crippen LogP contribution in [0.3, 0.4) is 0 Å². The van der Waals surface area contributed by atoms with Crippen LogP contribution < -0.4 is 10.1 Å². The Kier molecular flexibility index (Phi) is 4.48. The summed E-state index contributed by atoms with van der Waals surface area (Å²) < 4.78 is 5.82. The van der Waals surface area contributed by atoms with E-state index in [9.17, 15) is 0 Å². The lowest BCUT2D eigenvalue weighted by Gasteiger charge is -2.31. The van der Waals surface area contributed by atoms with Crippen LogP contribution in [-0.2, 0) is 0 Å². The number of hydrogen-bond donors (Lipinski definition) is 1. The summed E-state index contributed by atoms with van der Waals surface area (Å²) in [7, 11) is 0. The SMILES string of the molecule is CCNC(c1cncc(OC(C)C)c1)C1CC2CCC1C2.